The van der Waals surface area contributed by atoms with E-state index >= 15 is 0 Å². The number of para-hydroxylation sites is 2. The van der Waals surface area contributed by atoms with Crippen molar-refractivity contribution in [3.8, 4) is 0 Å². The molecule has 7 heteroatoms. The summed E-state index contributed by atoms with van der Waals surface area (Å²) in [6.07, 6.45) is 0.143. The van der Waals surface area contributed by atoms with Crippen molar-refractivity contribution in [1.82, 2.24) is 4.57 Å². The lowest BCUT2D eigenvalue weighted by molar-refractivity contribution is -0.118. The average Bonchev–Trinajstić information content (AvgIpc) is 2.85. The normalized spacial score (nSPS) is 10.7. The Morgan fingerprint density at radius 2 is 1.79 bits per heavy atom. The minimum absolute atomic E-state index is 0.143. The highest BCUT2D eigenvalue weighted by Crippen LogP contribution is 2.13. The molecule has 3 N–H and O–H groups in total. The number of benzene rings is 2. The summed E-state index contributed by atoms with van der Waals surface area (Å²) in [5.41, 5.74) is 7.45. The van der Waals surface area contributed by atoms with E-state index in [1.165, 1.54) is 4.57 Å². The zero-order valence-corrected chi connectivity index (χ0v) is 12.7. The number of hydrogen-bond acceptors (Lipinski definition) is 4. The standard InChI is InChI=1S/C17H15N3O4/c18-15(21)9-11-5-7-12(8-6-11)19-16(22)10-20-13-3-1-2-4-14(13)24-17(20)23/h1-8H,9-10H2,(H2,18,21)(H,19,22). The number of aromatic nitrogens is 1. The van der Waals surface area contributed by atoms with Crippen molar-refractivity contribution >= 4 is 28.6 Å². The molecule has 1 heterocycles. The van der Waals surface area contributed by atoms with Crippen LogP contribution < -0.4 is 16.8 Å². The number of amides is 2. The lowest BCUT2D eigenvalue weighted by Gasteiger charge is -2.06. The van der Waals surface area contributed by atoms with E-state index in [0.717, 1.165) is 5.56 Å². The number of fused-ring (bicyclic) bond motifs is 1. The van der Waals surface area contributed by atoms with E-state index in [4.69, 9.17) is 10.2 Å². The van der Waals surface area contributed by atoms with Crippen molar-refractivity contribution in [2.75, 3.05) is 5.32 Å². The van der Waals surface area contributed by atoms with E-state index in [1.807, 2.05) is 0 Å². The molecular weight excluding hydrogens is 310 g/mol. The maximum Gasteiger partial charge on any atom is 0.420 e. The van der Waals surface area contributed by atoms with E-state index in [1.54, 1.807) is 48.5 Å². The topological polar surface area (TPSA) is 107 Å². The molecule has 2 amide bonds. The van der Waals surface area contributed by atoms with Gasteiger partial charge in [0.15, 0.2) is 5.58 Å². The van der Waals surface area contributed by atoms with Crippen LogP contribution in [-0.2, 0) is 22.6 Å². The van der Waals surface area contributed by atoms with E-state index in [0.29, 0.717) is 16.8 Å². The van der Waals surface area contributed by atoms with Gasteiger partial charge in [0.2, 0.25) is 11.8 Å². The summed E-state index contributed by atoms with van der Waals surface area (Å²) in [6.45, 7) is -0.154. The van der Waals surface area contributed by atoms with Crippen LogP contribution in [0.4, 0.5) is 5.69 Å². The number of hydrogen-bond donors (Lipinski definition) is 2. The predicted octanol–water partition coefficient (Wildman–Crippen LogP) is 1.26. The number of nitrogens with two attached hydrogens (primary N) is 1. The highest BCUT2D eigenvalue weighted by molar-refractivity contribution is 5.91. The Balaban J connectivity index is 1.72. The first-order valence-electron chi connectivity index (χ1n) is 7.28. The number of anilines is 1. The molecular formula is C17H15N3O4. The summed E-state index contributed by atoms with van der Waals surface area (Å²) < 4.78 is 6.36. The fourth-order valence-corrected chi connectivity index (χ4v) is 2.41. The zero-order chi connectivity index (χ0) is 17.1. The zero-order valence-electron chi connectivity index (χ0n) is 12.7. The van der Waals surface area contributed by atoms with Gasteiger partial charge in [-0.15, -0.1) is 0 Å². The number of nitrogens with one attached hydrogen (secondary N) is 1. The van der Waals surface area contributed by atoms with Crippen LogP contribution in [0.5, 0.6) is 0 Å². The Morgan fingerprint density at radius 3 is 2.50 bits per heavy atom. The number of oxazole rings is 1. The average molecular weight is 325 g/mol. The smallest absolute Gasteiger partial charge is 0.408 e. The van der Waals surface area contributed by atoms with E-state index in [2.05, 4.69) is 5.32 Å². The van der Waals surface area contributed by atoms with Crippen LogP contribution >= 0.6 is 0 Å². The van der Waals surface area contributed by atoms with Crippen molar-refractivity contribution in [2.45, 2.75) is 13.0 Å². The van der Waals surface area contributed by atoms with Crippen molar-refractivity contribution in [3.05, 3.63) is 64.6 Å². The van der Waals surface area contributed by atoms with Crippen molar-refractivity contribution in [3.63, 3.8) is 0 Å². The fourth-order valence-electron chi connectivity index (χ4n) is 2.41. The van der Waals surface area contributed by atoms with Crippen molar-refractivity contribution in [2.24, 2.45) is 5.73 Å². The lowest BCUT2D eigenvalue weighted by atomic mass is 10.1. The fraction of sp³-hybridized carbons (Fsp3) is 0.118. The Labute approximate surface area is 136 Å². The van der Waals surface area contributed by atoms with Crippen LogP contribution in [0.15, 0.2) is 57.7 Å². The van der Waals surface area contributed by atoms with Gasteiger partial charge in [0, 0.05) is 5.69 Å². The summed E-state index contributed by atoms with van der Waals surface area (Å²) >= 11 is 0. The molecule has 0 unspecified atom stereocenters. The van der Waals surface area contributed by atoms with Gasteiger partial charge in [-0.05, 0) is 29.8 Å². The van der Waals surface area contributed by atoms with Crippen LogP contribution in [0, 0.1) is 0 Å². The van der Waals surface area contributed by atoms with Gasteiger partial charge < -0.3 is 15.5 Å². The summed E-state index contributed by atoms with van der Waals surface area (Å²) in [5, 5.41) is 2.70. The van der Waals surface area contributed by atoms with E-state index in [-0.39, 0.29) is 18.9 Å². The minimum Gasteiger partial charge on any atom is -0.408 e. The molecule has 24 heavy (non-hydrogen) atoms. The van der Waals surface area contributed by atoms with Gasteiger partial charge in [-0.1, -0.05) is 24.3 Å². The van der Waals surface area contributed by atoms with Crippen molar-refractivity contribution in [1.29, 1.82) is 0 Å². The summed E-state index contributed by atoms with van der Waals surface area (Å²) in [6, 6.07) is 13.7. The molecule has 1 aromatic heterocycles. The summed E-state index contributed by atoms with van der Waals surface area (Å²) in [5.74, 6) is -1.35. The largest absolute Gasteiger partial charge is 0.420 e. The summed E-state index contributed by atoms with van der Waals surface area (Å²) in [7, 11) is 0. The minimum atomic E-state index is -0.580. The molecule has 0 bridgehead atoms. The molecule has 0 atom stereocenters. The second-order valence-corrected chi connectivity index (χ2v) is 5.31. The van der Waals surface area contributed by atoms with Crippen molar-refractivity contribution < 1.29 is 14.0 Å². The first kappa shape index (κ1) is 15.5. The number of carbonyl (C=O) groups excluding carboxylic acids is 2. The number of rotatable bonds is 5. The number of carbonyl (C=O) groups is 2. The van der Waals surface area contributed by atoms with Crippen LogP contribution in [0.3, 0.4) is 0 Å². The SMILES string of the molecule is NC(=O)Cc1ccc(NC(=O)Cn2c(=O)oc3ccccc32)cc1. The molecule has 0 fully saturated rings. The van der Waals surface area contributed by atoms with Gasteiger partial charge in [0.05, 0.1) is 11.9 Å². The van der Waals surface area contributed by atoms with Crippen LogP contribution in [0.25, 0.3) is 11.1 Å². The predicted molar refractivity (Wildman–Crippen MR) is 88.4 cm³/mol. The number of primary amides is 1. The Hall–Kier alpha value is -3.35. The third-order valence-corrected chi connectivity index (χ3v) is 3.49. The molecule has 2 aromatic carbocycles. The number of nitrogens with zero attached hydrogens (tertiary/aromatic N) is 1. The molecule has 0 aliphatic heterocycles. The highest BCUT2D eigenvalue weighted by atomic mass is 16.4. The first-order chi connectivity index (χ1) is 11.5. The van der Waals surface area contributed by atoms with Gasteiger partial charge in [-0.25, -0.2) is 4.79 Å². The third kappa shape index (κ3) is 3.35. The van der Waals surface area contributed by atoms with E-state index < -0.39 is 11.7 Å². The Kier molecular flexibility index (Phi) is 4.15. The van der Waals surface area contributed by atoms with Crippen LogP contribution in [0.2, 0.25) is 0 Å². The Morgan fingerprint density at radius 1 is 1.08 bits per heavy atom. The highest BCUT2D eigenvalue weighted by Gasteiger charge is 2.12. The molecule has 0 saturated carbocycles. The molecule has 7 nitrogen and oxygen atoms in total. The molecule has 0 radical (unpaired) electrons. The van der Waals surface area contributed by atoms with Gasteiger partial charge in [0.1, 0.15) is 6.54 Å². The van der Waals surface area contributed by atoms with Crippen LogP contribution in [-0.4, -0.2) is 16.4 Å². The molecule has 3 aromatic rings. The molecule has 3 rings (SSSR count). The van der Waals surface area contributed by atoms with Gasteiger partial charge in [0.25, 0.3) is 0 Å². The lowest BCUT2D eigenvalue weighted by Crippen LogP contribution is -2.24. The monoisotopic (exact) mass is 325 g/mol. The van der Waals surface area contributed by atoms with Crippen LogP contribution in [0.1, 0.15) is 5.56 Å². The molecule has 0 saturated heterocycles. The molecule has 0 aliphatic carbocycles. The molecule has 0 aliphatic rings. The first-order valence-corrected chi connectivity index (χ1v) is 7.28. The Bertz CT molecular complexity index is 954. The maximum atomic E-state index is 12.2. The second kappa shape index (κ2) is 6.41. The third-order valence-electron chi connectivity index (χ3n) is 3.49. The van der Waals surface area contributed by atoms with E-state index in [9.17, 15) is 14.4 Å². The van der Waals surface area contributed by atoms with Gasteiger partial charge in [-0.3, -0.25) is 14.2 Å². The van der Waals surface area contributed by atoms with Gasteiger partial charge in [-0.2, -0.15) is 0 Å². The second-order valence-electron chi connectivity index (χ2n) is 5.31. The van der Waals surface area contributed by atoms with Gasteiger partial charge >= 0.3 is 5.76 Å². The quantitative estimate of drug-likeness (QED) is 0.736. The summed E-state index contributed by atoms with van der Waals surface area (Å²) in [4.78, 5) is 34.9. The molecule has 0 spiro atoms. The maximum absolute atomic E-state index is 12.2. The molecule has 122 valence electrons.